The Hall–Kier alpha value is -1.21. The van der Waals surface area contributed by atoms with Crippen molar-refractivity contribution in [2.45, 2.75) is 0 Å². The van der Waals surface area contributed by atoms with E-state index in [1.165, 1.54) is 0 Å². The largest absolute Gasteiger partial charge is 0.329 e. The molecule has 0 heterocycles. The Morgan fingerprint density at radius 3 is 2.47 bits per heavy atom. The van der Waals surface area contributed by atoms with Crippen molar-refractivity contribution in [2.75, 3.05) is 17.0 Å². The second kappa shape index (κ2) is 4.54. The number of nitrogens with two attached hydrogens (primary N) is 1. The molecular weight excluding hydrogens is 226 g/mol. The molecule has 0 bridgehead atoms. The predicted octanol–water partition coefficient (Wildman–Crippen LogP) is 0.665. The zero-order chi connectivity index (χ0) is 11.5. The van der Waals surface area contributed by atoms with Gasteiger partial charge < -0.3 is 5.73 Å². The number of hydrogen-bond acceptors (Lipinski definition) is 3. The van der Waals surface area contributed by atoms with E-state index in [1.807, 2.05) is 0 Å². The van der Waals surface area contributed by atoms with E-state index in [-0.39, 0.29) is 18.0 Å². The van der Waals surface area contributed by atoms with Crippen molar-refractivity contribution in [1.29, 1.82) is 0 Å². The molecule has 0 fully saturated rings. The number of rotatable bonds is 4. The Morgan fingerprint density at radius 1 is 1.27 bits per heavy atom. The minimum atomic E-state index is -3.58. The van der Waals surface area contributed by atoms with Crippen LogP contribution in [0, 0.1) is 11.6 Å². The van der Waals surface area contributed by atoms with Gasteiger partial charge in [-0.2, -0.15) is 0 Å². The van der Waals surface area contributed by atoms with Crippen LogP contribution in [0.4, 0.5) is 14.5 Å². The van der Waals surface area contributed by atoms with E-state index < -0.39 is 21.7 Å². The molecule has 1 rings (SSSR count). The lowest BCUT2D eigenvalue weighted by Crippen LogP contribution is -2.22. The first kappa shape index (κ1) is 11.9. The predicted molar refractivity (Wildman–Crippen MR) is 52.8 cm³/mol. The quantitative estimate of drug-likeness (QED) is 0.806. The molecule has 1 aromatic carbocycles. The molecule has 0 aromatic heterocycles. The van der Waals surface area contributed by atoms with E-state index >= 15 is 0 Å². The van der Waals surface area contributed by atoms with Crippen LogP contribution in [0.15, 0.2) is 18.2 Å². The van der Waals surface area contributed by atoms with Gasteiger partial charge in [-0.25, -0.2) is 17.2 Å². The molecule has 0 aliphatic heterocycles. The van der Waals surface area contributed by atoms with Gasteiger partial charge >= 0.3 is 0 Å². The highest BCUT2D eigenvalue weighted by molar-refractivity contribution is 7.92. The molecule has 0 saturated heterocycles. The first-order valence-corrected chi connectivity index (χ1v) is 5.75. The lowest BCUT2D eigenvalue weighted by molar-refractivity contribution is 0.509. The maximum absolute atomic E-state index is 12.7. The Kier molecular flexibility index (Phi) is 3.59. The fourth-order valence-electron chi connectivity index (χ4n) is 0.945. The standard InChI is InChI=1S/C8H10F2N2O2S/c9-7-2-1-6(5-8(7)10)12-15(13,14)4-3-11/h1-2,5,12H,3-4,11H2. The van der Waals surface area contributed by atoms with E-state index in [1.54, 1.807) is 0 Å². The highest BCUT2D eigenvalue weighted by Crippen LogP contribution is 2.14. The van der Waals surface area contributed by atoms with Gasteiger partial charge in [0, 0.05) is 12.6 Å². The molecule has 0 radical (unpaired) electrons. The van der Waals surface area contributed by atoms with Crippen LogP contribution in [0.25, 0.3) is 0 Å². The normalized spacial score (nSPS) is 11.4. The molecule has 15 heavy (non-hydrogen) atoms. The van der Waals surface area contributed by atoms with Gasteiger partial charge in [-0.3, -0.25) is 4.72 Å². The van der Waals surface area contributed by atoms with Crippen LogP contribution >= 0.6 is 0 Å². The van der Waals surface area contributed by atoms with Crippen molar-refractivity contribution in [3.63, 3.8) is 0 Å². The van der Waals surface area contributed by atoms with Crippen LogP contribution < -0.4 is 10.5 Å². The summed E-state index contributed by atoms with van der Waals surface area (Å²) in [5.74, 6) is -2.41. The minimum Gasteiger partial charge on any atom is -0.329 e. The summed E-state index contributed by atoms with van der Waals surface area (Å²) >= 11 is 0. The molecule has 84 valence electrons. The highest BCUT2D eigenvalue weighted by Gasteiger charge is 2.10. The third-order valence-corrected chi connectivity index (χ3v) is 2.90. The van der Waals surface area contributed by atoms with E-state index in [2.05, 4.69) is 4.72 Å². The van der Waals surface area contributed by atoms with Gasteiger partial charge in [-0.15, -0.1) is 0 Å². The van der Waals surface area contributed by atoms with Gasteiger partial charge in [0.2, 0.25) is 10.0 Å². The summed E-state index contributed by atoms with van der Waals surface area (Å²) in [4.78, 5) is 0. The summed E-state index contributed by atoms with van der Waals surface area (Å²) < 4.78 is 49.7. The number of anilines is 1. The first-order chi connectivity index (χ1) is 6.94. The molecule has 0 aliphatic carbocycles. The topological polar surface area (TPSA) is 72.2 Å². The highest BCUT2D eigenvalue weighted by atomic mass is 32.2. The molecule has 0 amide bonds. The summed E-state index contributed by atoms with van der Waals surface area (Å²) in [6.07, 6.45) is 0. The summed E-state index contributed by atoms with van der Waals surface area (Å²) in [6, 6.07) is 2.74. The molecule has 1 aromatic rings. The monoisotopic (exact) mass is 236 g/mol. The van der Waals surface area contributed by atoms with Gasteiger partial charge in [0.05, 0.1) is 11.4 Å². The lowest BCUT2D eigenvalue weighted by Gasteiger charge is -2.06. The minimum absolute atomic E-state index is 0.0256. The Morgan fingerprint density at radius 2 is 1.93 bits per heavy atom. The van der Waals surface area contributed by atoms with Crippen molar-refractivity contribution in [1.82, 2.24) is 0 Å². The molecule has 0 spiro atoms. The zero-order valence-corrected chi connectivity index (χ0v) is 8.52. The second-order valence-electron chi connectivity index (χ2n) is 2.84. The van der Waals surface area contributed by atoms with Crippen molar-refractivity contribution in [2.24, 2.45) is 5.73 Å². The van der Waals surface area contributed by atoms with Crippen molar-refractivity contribution in [3.8, 4) is 0 Å². The SMILES string of the molecule is NCCS(=O)(=O)Nc1ccc(F)c(F)c1. The summed E-state index contributed by atoms with van der Waals surface area (Å²) in [5.41, 5.74) is 5.04. The Bertz CT molecular complexity index is 448. The number of benzene rings is 1. The van der Waals surface area contributed by atoms with Gasteiger partial charge in [-0.1, -0.05) is 0 Å². The number of hydrogen-bond donors (Lipinski definition) is 2. The molecule has 3 N–H and O–H groups in total. The molecule has 0 aliphatic rings. The van der Waals surface area contributed by atoms with Crippen LogP contribution in [0.1, 0.15) is 0 Å². The van der Waals surface area contributed by atoms with Crippen LogP contribution in [0.3, 0.4) is 0 Å². The smallest absolute Gasteiger partial charge is 0.233 e. The summed E-state index contributed by atoms with van der Waals surface area (Å²) in [5, 5.41) is 0. The maximum Gasteiger partial charge on any atom is 0.233 e. The molecule has 7 heteroatoms. The third kappa shape index (κ3) is 3.45. The zero-order valence-electron chi connectivity index (χ0n) is 7.70. The first-order valence-electron chi connectivity index (χ1n) is 4.10. The number of halogens is 2. The molecular formula is C8H10F2N2O2S. The average Bonchev–Trinajstić information content (AvgIpc) is 2.10. The Balaban J connectivity index is 2.86. The average molecular weight is 236 g/mol. The van der Waals surface area contributed by atoms with Crippen molar-refractivity contribution < 1.29 is 17.2 Å². The second-order valence-corrected chi connectivity index (χ2v) is 4.68. The summed E-state index contributed by atoms with van der Waals surface area (Å²) in [7, 11) is -3.58. The number of nitrogens with one attached hydrogen (secondary N) is 1. The third-order valence-electron chi connectivity index (χ3n) is 1.58. The lowest BCUT2D eigenvalue weighted by atomic mass is 10.3. The molecule has 0 unspecified atom stereocenters. The van der Waals surface area contributed by atoms with Gasteiger partial charge in [0.1, 0.15) is 0 Å². The fraction of sp³-hybridized carbons (Fsp3) is 0.250. The van der Waals surface area contributed by atoms with E-state index in [0.717, 1.165) is 18.2 Å². The van der Waals surface area contributed by atoms with E-state index in [9.17, 15) is 17.2 Å². The molecule has 0 atom stereocenters. The van der Waals surface area contributed by atoms with E-state index in [4.69, 9.17) is 5.73 Å². The summed E-state index contributed by atoms with van der Waals surface area (Å²) in [6.45, 7) is -0.0426. The molecule has 0 saturated carbocycles. The van der Waals surface area contributed by atoms with Crippen LogP contribution in [-0.4, -0.2) is 20.7 Å². The molecule has 4 nitrogen and oxygen atoms in total. The van der Waals surface area contributed by atoms with Gasteiger partial charge in [0.15, 0.2) is 11.6 Å². The van der Waals surface area contributed by atoms with Gasteiger partial charge in [0.25, 0.3) is 0 Å². The maximum atomic E-state index is 12.7. The Labute approximate surface area is 86.1 Å². The fourth-order valence-corrected chi connectivity index (χ4v) is 1.84. The van der Waals surface area contributed by atoms with Crippen LogP contribution in [0.2, 0.25) is 0 Å². The van der Waals surface area contributed by atoms with Gasteiger partial charge in [-0.05, 0) is 12.1 Å². The number of sulfonamides is 1. The van der Waals surface area contributed by atoms with Crippen LogP contribution in [0.5, 0.6) is 0 Å². The van der Waals surface area contributed by atoms with Crippen LogP contribution in [-0.2, 0) is 10.0 Å². The van der Waals surface area contributed by atoms with Crippen molar-refractivity contribution >= 4 is 15.7 Å². The van der Waals surface area contributed by atoms with E-state index in [0.29, 0.717) is 0 Å². The van der Waals surface area contributed by atoms with Crippen molar-refractivity contribution in [3.05, 3.63) is 29.8 Å².